The lowest BCUT2D eigenvalue weighted by atomic mass is 10.2. The van der Waals surface area contributed by atoms with Crippen LogP contribution in [0.2, 0.25) is 0 Å². The predicted octanol–water partition coefficient (Wildman–Crippen LogP) is 1.68. The number of hydrogen-bond donors (Lipinski definition) is 1. The molecular formula is C21H25N5O3. The third-order valence-corrected chi connectivity index (χ3v) is 4.93. The molecule has 1 saturated heterocycles. The van der Waals surface area contributed by atoms with Gasteiger partial charge in [-0.3, -0.25) is 9.69 Å². The van der Waals surface area contributed by atoms with E-state index in [9.17, 15) is 4.79 Å². The van der Waals surface area contributed by atoms with Crippen LogP contribution in [0, 0.1) is 6.92 Å². The zero-order chi connectivity index (χ0) is 20.1. The van der Waals surface area contributed by atoms with Crippen LogP contribution in [0.3, 0.4) is 0 Å². The van der Waals surface area contributed by atoms with E-state index in [-0.39, 0.29) is 5.91 Å². The first-order valence-corrected chi connectivity index (χ1v) is 9.81. The highest BCUT2D eigenvalue weighted by Crippen LogP contribution is 2.15. The molecular weight excluding hydrogens is 370 g/mol. The number of hydrogen-bond acceptors (Lipinski definition) is 6. The highest BCUT2D eigenvalue weighted by Gasteiger charge is 2.17. The highest BCUT2D eigenvalue weighted by molar-refractivity contribution is 6.00. The first kappa shape index (κ1) is 19.4. The van der Waals surface area contributed by atoms with Gasteiger partial charge in [0, 0.05) is 38.6 Å². The van der Waals surface area contributed by atoms with Crippen molar-refractivity contribution in [2.75, 3.05) is 39.5 Å². The number of morpholine rings is 1. The van der Waals surface area contributed by atoms with Crippen molar-refractivity contribution in [3.8, 4) is 5.75 Å². The summed E-state index contributed by atoms with van der Waals surface area (Å²) in [5, 5.41) is 7.30. The molecule has 3 aromatic rings. The number of nitrogens with zero attached hydrogens (tertiary/aromatic N) is 4. The Hall–Kier alpha value is -2.97. The molecule has 0 bridgehead atoms. The van der Waals surface area contributed by atoms with Crippen molar-refractivity contribution in [1.82, 2.24) is 24.8 Å². The van der Waals surface area contributed by atoms with Gasteiger partial charge >= 0.3 is 0 Å². The van der Waals surface area contributed by atoms with E-state index in [4.69, 9.17) is 9.47 Å². The Balaban J connectivity index is 1.33. The molecule has 2 aromatic heterocycles. The predicted molar refractivity (Wildman–Crippen MR) is 108 cm³/mol. The van der Waals surface area contributed by atoms with E-state index in [2.05, 4.69) is 20.3 Å². The second kappa shape index (κ2) is 9.02. The summed E-state index contributed by atoms with van der Waals surface area (Å²) in [7, 11) is 0. The number of rotatable bonds is 7. The van der Waals surface area contributed by atoms with Gasteiger partial charge in [-0.25, -0.2) is 9.50 Å². The number of aromatic nitrogens is 3. The molecule has 8 nitrogen and oxygen atoms in total. The molecule has 0 saturated carbocycles. The first-order valence-electron chi connectivity index (χ1n) is 9.81. The Bertz CT molecular complexity index is 981. The molecule has 0 spiro atoms. The maximum absolute atomic E-state index is 12.7. The van der Waals surface area contributed by atoms with Gasteiger partial charge in [-0.1, -0.05) is 12.1 Å². The van der Waals surface area contributed by atoms with E-state index in [1.54, 1.807) is 23.0 Å². The minimum atomic E-state index is -0.185. The van der Waals surface area contributed by atoms with E-state index in [0.29, 0.717) is 30.1 Å². The topological polar surface area (TPSA) is 81.0 Å². The Morgan fingerprint density at radius 2 is 2.14 bits per heavy atom. The van der Waals surface area contributed by atoms with Gasteiger partial charge in [-0.05, 0) is 30.7 Å². The van der Waals surface area contributed by atoms with Crippen LogP contribution in [0.1, 0.15) is 21.6 Å². The van der Waals surface area contributed by atoms with Crippen molar-refractivity contribution < 1.29 is 14.3 Å². The van der Waals surface area contributed by atoms with Gasteiger partial charge in [0.25, 0.3) is 5.91 Å². The summed E-state index contributed by atoms with van der Waals surface area (Å²) < 4.78 is 12.9. The number of nitrogens with one attached hydrogen (secondary N) is 1. The van der Waals surface area contributed by atoms with Crippen molar-refractivity contribution in [2.24, 2.45) is 0 Å². The molecule has 1 aliphatic heterocycles. The number of amides is 1. The van der Waals surface area contributed by atoms with Crippen molar-refractivity contribution in [3.05, 3.63) is 59.5 Å². The summed E-state index contributed by atoms with van der Waals surface area (Å²) in [4.78, 5) is 19.3. The molecule has 0 aliphatic carbocycles. The molecule has 1 amide bonds. The Labute approximate surface area is 169 Å². The fraction of sp³-hybridized carbons (Fsp3) is 0.381. The van der Waals surface area contributed by atoms with Gasteiger partial charge in [0.05, 0.1) is 18.9 Å². The van der Waals surface area contributed by atoms with E-state index in [1.807, 2.05) is 31.2 Å². The number of aryl methyl sites for hydroxylation is 1. The summed E-state index contributed by atoms with van der Waals surface area (Å²) in [6.07, 6.45) is 3.44. The average molecular weight is 395 g/mol. The Morgan fingerprint density at radius 3 is 3.00 bits per heavy atom. The fourth-order valence-corrected chi connectivity index (χ4v) is 3.40. The van der Waals surface area contributed by atoms with E-state index in [1.165, 1.54) is 0 Å². The number of carbonyl (C=O) groups excluding carboxylic acids is 1. The van der Waals surface area contributed by atoms with Gasteiger partial charge in [0.1, 0.15) is 17.9 Å². The van der Waals surface area contributed by atoms with Gasteiger partial charge in [0.15, 0.2) is 5.65 Å². The summed E-state index contributed by atoms with van der Waals surface area (Å²) in [6, 6.07) is 9.58. The minimum Gasteiger partial charge on any atom is -0.492 e. The van der Waals surface area contributed by atoms with Crippen LogP contribution >= 0.6 is 0 Å². The van der Waals surface area contributed by atoms with Crippen LogP contribution in [0.4, 0.5) is 0 Å². The third kappa shape index (κ3) is 4.72. The smallest absolute Gasteiger partial charge is 0.257 e. The van der Waals surface area contributed by atoms with Crippen LogP contribution < -0.4 is 10.1 Å². The molecule has 1 aliphatic rings. The second-order valence-corrected chi connectivity index (χ2v) is 6.98. The lowest BCUT2D eigenvalue weighted by Gasteiger charge is -2.26. The van der Waals surface area contributed by atoms with Gasteiger partial charge in [-0.2, -0.15) is 5.10 Å². The van der Waals surface area contributed by atoms with Crippen LogP contribution in [-0.2, 0) is 11.3 Å². The summed E-state index contributed by atoms with van der Waals surface area (Å²) in [5.41, 5.74) is 2.69. The Morgan fingerprint density at radius 1 is 1.28 bits per heavy atom. The van der Waals surface area contributed by atoms with Crippen molar-refractivity contribution in [3.63, 3.8) is 0 Å². The fourth-order valence-electron chi connectivity index (χ4n) is 3.40. The lowest BCUT2D eigenvalue weighted by molar-refractivity contribution is 0.0322. The van der Waals surface area contributed by atoms with Crippen LogP contribution in [0.25, 0.3) is 5.65 Å². The quantitative estimate of drug-likeness (QED) is 0.656. The number of carbonyl (C=O) groups is 1. The van der Waals surface area contributed by atoms with Gasteiger partial charge < -0.3 is 14.8 Å². The van der Waals surface area contributed by atoms with Crippen molar-refractivity contribution in [2.45, 2.75) is 13.5 Å². The maximum atomic E-state index is 12.7. The standard InChI is InChI=1S/C21H25N5O3/c1-16-19(20-22-6-3-7-26(20)24-16)21(27)23-15-17-4-2-5-18(14-17)29-13-10-25-8-11-28-12-9-25/h2-7,14H,8-13,15H2,1H3,(H,23,27). The molecule has 1 aromatic carbocycles. The third-order valence-electron chi connectivity index (χ3n) is 4.93. The van der Waals surface area contributed by atoms with Gasteiger partial charge in [0.2, 0.25) is 0 Å². The molecule has 0 atom stereocenters. The number of ether oxygens (including phenoxy) is 2. The average Bonchev–Trinajstić information content (AvgIpc) is 3.09. The van der Waals surface area contributed by atoms with E-state index >= 15 is 0 Å². The molecule has 8 heteroatoms. The van der Waals surface area contributed by atoms with E-state index < -0.39 is 0 Å². The zero-order valence-electron chi connectivity index (χ0n) is 16.5. The molecule has 3 heterocycles. The van der Waals surface area contributed by atoms with Crippen molar-refractivity contribution >= 4 is 11.6 Å². The van der Waals surface area contributed by atoms with Crippen LogP contribution in [-0.4, -0.2) is 64.9 Å². The summed E-state index contributed by atoms with van der Waals surface area (Å²) in [5.74, 6) is 0.619. The number of benzene rings is 1. The van der Waals surface area contributed by atoms with Crippen LogP contribution in [0.15, 0.2) is 42.7 Å². The monoisotopic (exact) mass is 395 g/mol. The maximum Gasteiger partial charge on any atom is 0.257 e. The lowest BCUT2D eigenvalue weighted by Crippen LogP contribution is -2.38. The molecule has 4 rings (SSSR count). The number of fused-ring (bicyclic) bond motifs is 1. The molecule has 0 radical (unpaired) electrons. The zero-order valence-corrected chi connectivity index (χ0v) is 16.5. The first-order chi connectivity index (χ1) is 14.2. The van der Waals surface area contributed by atoms with Gasteiger partial charge in [-0.15, -0.1) is 0 Å². The SMILES string of the molecule is Cc1nn2cccnc2c1C(=O)NCc1cccc(OCCN2CCOCC2)c1. The Kier molecular flexibility index (Phi) is 6.02. The normalized spacial score (nSPS) is 14.8. The second-order valence-electron chi connectivity index (χ2n) is 6.98. The molecule has 1 N–H and O–H groups in total. The molecule has 0 unspecified atom stereocenters. The largest absolute Gasteiger partial charge is 0.492 e. The molecule has 1 fully saturated rings. The molecule has 29 heavy (non-hydrogen) atoms. The van der Waals surface area contributed by atoms with Crippen LogP contribution in [0.5, 0.6) is 5.75 Å². The summed E-state index contributed by atoms with van der Waals surface area (Å²) in [6.45, 7) is 7.21. The molecule has 152 valence electrons. The minimum absolute atomic E-state index is 0.185. The van der Waals surface area contributed by atoms with E-state index in [0.717, 1.165) is 44.2 Å². The van der Waals surface area contributed by atoms with Crippen molar-refractivity contribution in [1.29, 1.82) is 0 Å². The highest BCUT2D eigenvalue weighted by atomic mass is 16.5. The summed E-state index contributed by atoms with van der Waals surface area (Å²) >= 11 is 0.